The minimum Gasteiger partial charge on any atom is -0.340 e. The molecule has 0 radical (unpaired) electrons. The van der Waals surface area contributed by atoms with E-state index < -0.39 is 0 Å². The van der Waals surface area contributed by atoms with E-state index in [0.29, 0.717) is 38.2 Å². The van der Waals surface area contributed by atoms with Crippen LogP contribution in [0.25, 0.3) is 11.3 Å². The van der Waals surface area contributed by atoms with Crippen molar-refractivity contribution in [3.63, 3.8) is 0 Å². The second-order valence-corrected chi connectivity index (χ2v) is 9.27. The van der Waals surface area contributed by atoms with Gasteiger partial charge in [-0.25, -0.2) is 4.68 Å². The van der Waals surface area contributed by atoms with Crippen molar-refractivity contribution < 1.29 is 4.79 Å². The van der Waals surface area contributed by atoms with Gasteiger partial charge in [0.15, 0.2) is 0 Å². The van der Waals surface area contributed by atoms with Gasteiger partial charge in [0.2, 0.25) is 5.91 Å². The first-order valence-corrected chi connectivity index (χ1v) is 12.8. The summed E-state index contributed by atoms with van der Waals surface area (Å²) >= 11 is 0. The minimum absolute atomic E-state index is 0.132. The molecule has 1 fully saturated rings. The number of amides is 1. The number of rotatable bonds is 8. The van der Waals surface area contributed by atoms with E-state index in [1.807, 2.05) is 29.2 Å². The fourth-order valence-electron chi connectivity index (χ4n) is 4.93. The summed E-state index contributed by atoms with van der Waals surface area (Å²) in [6.45, 7) is 3.43. The number of aryl methyl sites for hydroxylation is 1. The quantitative estimate of drug-likeness (QED) is 0.371. The number of pyridine rings is 1. The SMILES string of the molecule is O=C(CCCn1nc(-c2cccnc2)ccc1=O)N1CCN(C(c2ccccc2)c2ccccc2)CC1. The first-order valence-electron chi connectivity index (χ1n) is 12.8. The summed E-state index contributed by atoms with van der Waals surface area (Å²) in [5.74, 6) is 0.132. The predicted octanol–water partition coefficient (Wildman–Crippen LogP) is 4.02. The Labute approximate surface area is 217 Å². The number of aromatic nitrogens is 3. The number of carbonyl (C=O) groups excluding carboxylic acids is 1. The Morgan fingerprint density at radius 2 is 1.49 bits per heavy atom. The maximum absolute atomic E-state index is 13.0. The molecule has 0 atom stereocenters. The Kier molecular flexibility index (Phi) is 7.81. The Morgan fingerprint density at radius 1 is 0.811 bits per heavy atom. The van der Waals surface area contributed by atoms with E-state index in [9.17, 15) is 9.59 Å². The average Bonchev–Trinajstić information content (AvgIpc) is 2.96. The zero-order valence-corrected chi connectivity index (χ0v) is 20.8. The van der Waals surface area contributed by atoms with Crippen LogP contribution in [-0.4, -0.2) is 56.7 Å². The number of nitrogens with zero attached hydrogens (tertiary/aromatic N) is 5. The van der Waals surface area contributed by atoms with Gasteiger partial charge in [-0.2, -0.15) is 5.10 Å². The lowest BCUT2D eigenvalue weighted by atomic mass is 9.96. The Hall–Kier alpha value is -4.10. The highest BCUT2D eigenvalue weighted by Crippen LogP contribution is 2.29. The smallest absolute Gasteiger partial charge is 0.266 e. The number of benzene rings is 2. The molecule has 0 unspecified atom stereocenters. The molecule has 0 saturated carbocycles. The molecule has 1 aliphatic rings. The standard InChI is InChI=1S/C30H31N5O2/c36-28(14-8-18-35-29(37)16-15-27(32-35)26-13-7-17-31-23-26)33-19-21-34(22-20-33)30(24-9-3-1-4-10-24)25-11-5-2-6-12-25/h1-7,9-13,15-17,23,30H,8,14,18-22H2. The van der Waals surface area contributed by atoms with Crippen molar-refractivity contribution in [2.75, 3.05) is 26.2 Å². The van der Waals surface area contributed by atoms with Crippen molar-refractivity contribution in [2.24, 2.45) is 0 Å². The lowest BCUT2D eigenvalue weighted by Crippen LogP contribution is -2.49. The second-order valence-electron chi connectivity index (χ2n) is 9.27. The van der Waals surface area contributed by atoms with Crippen molar-refractivity contribution in [3.05, 3.63) is 119 Å². The van der Waals surface area contributed by atoms with E-state index in [0.717, 1.165) is 18.7 Å². The molecule has 1 amide bonds. The lowest BCUT2D eigenvalue weighted by molar-refractivity contribution is -0.133. The molecule has 0 N–H and O–H groups in total. The summed E-state index contributed by atoms with van der Waals surface area (Å²) in [7, 11) is 0. The molecule has 0 aliphatic carbocycles. The van der Waals surface area contributed by atoms with Gasteiger partial charge in [0.1, 0.15) is 0 Å². The number of carbonyl (C=O) groups is 1. The third-order valence-electron chi connectivity index (χ3n) is 6.85. The summed E-state index contributed by atoms with van der Waals surface area (Å²) in [5.41, 5.74) is 3.91. The van der Waals surface area contributed by atoms with Crippen LogP contribution in [0.1, 0.15) is 30.0 Å². The van der Waals surface area contributed by atoms with Gasteiger partial charge in [-0.05, 0) is 35.7 Å². The van der Waals surface area contributed by atoms with Crippen molar-refractivity contribution >= 4 is 5.91 Å². The molecule has 1 saturated heterocycles. The first kappa shape index (κ1) is 24.6. The summed E-state index contributed by atoms with van der Waals surface area (Å²) < 4.78 is 1.44. The van der Waals surface area contributed by atoms with Crippen LogP contribution in [0.2, 0.25) is 0 Å². The summed E-state index contributed by atoms with van der Waals surface area (Å²) in [6, 6.07) is 28.3. The van der Waals surface area contributed by atoms with Gasteiger partial charge in [0.25, 0.3) is 5.56 Å². The molecular weight excluding hydrogens is 462 g/mol. The number of piperazine rings is 1. The molecule has 0 bridgehead atoms. The van der Waals surface area contributed by atoms with Crippen LogP contribution >= 0.6 is 0 Å². The Bertz CT molecular complexity index is 1310. The van der Waals surface area contributed by atoms with Gasteiger partial charge < -0.3 is 4.90 Å². The normalized spacial score (nSPS) is 14.1. The molecule has 2 aromatic carbocycles. The highest BCUT2D eigenvalue weighted by molar-refractivity contribution is 5.76. The first-order chi connectivity index (χ1) is 18.2. The van der Waals surface area contributed by atoms with E-state index in [4.69, 9.17) is 0 Å². The second kappa shape index (κ2) is 11.8. The zero-order valence-electron chi connectivity index (χ0n) is 20.8. The lowest BCUT2D eigenvalue weighted by Gasteiger charge is -2.40. The van der Waals surface area contributed by atoms with E-state index in [-0.39, 0.29) is 17.5 Å². The zero-order chi connectivity index (χ0) is 25.5. The summed E-state index contributed by atoms with van der Waals surface area (Å²) in [6.07, 6.45) is 4.39. The highest BCUT2D eigenvalue weighted by Gasteiger charge is 2.27. The van der Waals surface area contributed by atoms with Gasteiger partial charge >= 0.3 is 0 Å². The summed E-state index contributed by atoms with van der Waals surface area (Å²) in [5, 5.41) is 4.47. The Balaban J connectivity index is 1.17. The van der Waals surface area contributed by atoms with Gasteiger partial charge in [-0.1, -0.05) is 60.7 Å². The maximum atomic E-state index is 13.0. The van der Waals surface area contributed by atoms with Crippen molar-refractivity contribution in [1.29, 1.82) is 0 Å². The van der Waals surface area contributed by atoms with E-state index in [2.05, 4.69) is 63.5 Å². The highest BCUT2D eigenvalue weighted by atomic mass is 16.2. The van der Waals surface area contributed by atoms with Crippen LogP contribution in [0.15, 0.2) is 102 Å². The minimum atomic E-state index is -0.165. The van der Waals surface area contributed by atoms with Crippen molar-refractivity contribution in [3.8, 4) is 11.3 Å². The maximum Gasteiger partial charge on any atom is 0.266 e. The number of hydrogen-bond acceptors (Lipinski definition) is 5. The molecule has 7 nitrogen and oxygen atoms in total. The van der Waals surface area contributed by atoms with E-state index >= 15 is 0 Å². The molecule has 0 spiro atoms. The van der Waals surface area contributed by atoms with Crippen LogP contribution in [0.3, 0.4) is 0 Å². The summed E-state index contributed by atoms with van der Waals surface area (Å²) in [4.78, 5) is 33.8. The van der Waals surface area contributed by atoms with E-state index in [1.54, 1.807) is 18.5 Å². The fraction of sp³-hybridized carbons (Fsp3) is 0.267. The molecular formula is C30H31N5O2. The monoisotopic (exact) mass is 493 g/mol. The average molecular weight is 494 g/mol. The van der Waals surface area contributed by atoms with Gasteiger partial charge in [0, 0.05) is 63.2 Å². The Morgan fingerprint density at radius 3 is 2.11 bits per heavy atom. The van der Waals surface area contributed by atoms with Crippen LogP contribution in [-0.2, 0) is 11.3 Å². The largest absolute Gasteiger partial charge is 0.340 e. The van der Waals surface area contributed by atoms with Crippen molar-refractivity contribution in [1.82, 2.24) is 24.6 Å². The van der Waals surface area contributed by atoms with E-state index in [1.165, 1.54) is 21.9 Å². The molecule has 1 aliphatic heterocycles. The van der Waals surface area contributed by atoms with Gasteiger partial charge in [-0.3, -0.25) is 19.5 Å². The molecule has 3 heterocycles. The molecule has 37 heavy (non-hydrogen) atoms. The van der Waals surface area contributed by atoms with Crippen LogP contribution < -0.4 is 5.56 Å². The number of hydrogen-bond donors (Lipinski definition) is 0. The fourth-order valence-corrected chi connectivity index (χ4v) is 4.93. The van der Waals surface area contributed by atoms with Gasteiger partial charge in [-0.15, -0.1) is 0 Å². The topological polar surface area (TPSA) is 71.3 Å². The predicted molar refractivity (Wildman–Crippen MR) is 144 cm³/mol. The molecule has 2 aromatic heterocycles. The van der Waals surface area contributed by atoms with Crippen molar-refractivity contribution in [2.45, 2.75) is 25.4 Å². The van der Waals surface area contributed by atoms with Crippen LogP contribution in [0.5, 0.6) is 0 Å². The molecule has 7 heteroatoms. The third-order valence-corrected chi connectivity index (χ3v) is 6.85. The van der Waals surface area contributed by atoms with Gasteiger partial charge in [0.05, 0.1) is 11.7 Å². The van der Waals surface area contributed by atoms with Crippen LogP contribution in [0, 0.1) is 0 Å². The van der Waals surface area contributed by atoms with Crippen LogP contribution in [0.4, 0.5) is 0 Å². The molecule has 188 valence electrons. The third kappa shape index (κ3) is 6.01. The molecule has 4 aromatic rings. The molecule has 5 rings (SSSR count).